The Morgan fingerprint density at radius 1 is 0.833 bits per heavy atom. The SMILES string of the molecule is CCOC(=O)OCCN(C)CCOC(=O)OCC. The Kier molecular flexibility index (Phi) is 9.75. The highest BCUT2D eigenvalue weighted by atomic mass is 16.7. The van der Waals surface area contributed by atoms with Gasteiger partial charge in [0.2, 0.25) is 0 Å². The second kappa shape index (κ2) is 10.6. The van der Waals surface area contributed by atoms with Crippen molar-refractivity contribution in [2.75, 3.05) is 46.6 Å². The molecule has 0 heterocycles. The molecule has 0 aromatic carbocycles. The third-order valence-corrected chi connectivity index (χ3v) is 1.91. The van der Waals surface area contributed by atoms with Gasteiger partial charge in [-0.15, -0.1) is 0 Å². The first-order valence-corrected chi connectivity index (χ1v) is 5.87. The maximum atomic E-state index is 10.9. The van der Waals surface area contributed by atoms with E-state index >= 15 is 0 Å². The average molecular weight is 263 g/mol. The Balaban J connectivity index is 3.45. The van der Waals surface area contributed by atoms with Crippen molar-refractivity contribution in [2.45, 2.75) is 13.8 Å². The van der Waals surface area contributed by atoms with Crippen molar-refractivity contribution in [3.63, 3.8) is 0 Å². The van der Waals surface area contributed by atoms with Gasteiger partial charge in [-0.3, -0.25) is 4.90 Å². The molecule has 0 saturated heterocycles. The lowest BCUT2D eigenvalue weighted by molar-refractivity contribution is 0.0439. The summed E-state index contributed by atoms with van der Waals surface area (Å²) in [5.74, 6) is 0. The first-order chi connectivity index (χ1) is 8.60. The van der Waals surface area contributed by atoms with E-state index in [1.54, 1.807) is 13.8 Å². The predicted molar refractivity (Wildman–Crippen MR) is 63.4 cm³/mol. The topological polar surface area (TPSA) is 74.3 Å². The lowest BCUT2D eigenvalue weighted by Gasteiger charge is -2.15. The fourth-order valence-corrected chi connectivity index (χ4v) is 1.00. The molecule has 106 valence electrons. The van der Waals surface area contributed by atoms with E-state index in [0.29, 0.717) is 26.3 Å². The monoisotopic (exact) mass is 263 g/mol. The summed E-state index contributed by atoms with van der Waals surface area (Å²) < 4.78 is 18.8. The van der Waals surface area contributed by atoms with Crippen molar-refractivity contribution < 1.29 is 28.5 Å². The molecule has 7 nitrogen and oxygen atoms in total. The van der Waals surface area contributed by atoms with Crippen LogP contribution in [0, 0.1) is 0 Å². The largest absolute Gasteiger partial charge is 0.508 e. The van der Waals surface area contributed by atoms with Crippen molar-refractivity contribution in [1.29, 1.82) is 0 Å². The third kappa shape index (κ3) is 9.71. The second-order valence-corrected chi connectivity index (χ2v) is 3.37. The smallest absolute Gasteiger partial charge is 0.435 e. The van der Waals surface area contributed by atoms with E-state index in [2.05, 4.69) is 9.47 Å². The first kappa shape index (κ1) is 16.5. The van der Waals surface area contributed by atoms with Crippen LogP contribution in [0.5, 0.6) is 0 Å². The van der Waals surface area contributed by atoms with Gasteiger partial charge in [0.15, 0.2) is 0 Å². The number of rotatable bonds is 8. The number of hydrogen-bond donors (Lipinski definition) is 0. The third-order valence-electron chi connectivity index (χ3n) is 1.91. The number of hydrogen-bond acceptors (Lipinski definition) is 7. The highest BCUT2D eigenvalue weighted by Crippen LogP contribution is 1.90. The molecule has 0 aromatic heterocycles. The van der Waals surface area contributed by atoms with E-state index in [9.17, 15) is 9.59 Å². The summed E-state index contributed by atoms with van der Waals surface area (Å²) in [4.78, 5) is 23.6. The van der Waals surface area contributed by atoms with Crippen LogP contribution < -0.4 is 0 Å². The van der Waals surface area contributed by atoms with Crippen molar-refractivity contribution in [2.24, 2.45) is 0 Å². The van der Waals surface area contributed by atoms with Gasteiger partial charge in [-0.25, -0.2) is 9.59 Å². The molecule has 0 fully saturated rings. The minimum atomic E-state index is -0.673. The van der Waals surface area contributed by atoms with Crippen LogP contribution in [0.25, 0.3) is 0 Å². The number of nitrogens with zero attached hydrogens (tertiary/aromatic N) is 1. The van der Waals surface area contributed by atoms with Crippen LogP contribution in [0.4, 0.5) is 9.59 Å². The highest BCUT2D eigenvalue weighted by molar-refractivity contribution is 5.60. The van der Waals surface area contributed by atoms with Gasteiger partial charge in [-0.1, -0.05) is 0 Å². The van der Waals surface area contributed by atoms with Crippen LogP contribution in [-0.4, -0.2) is 63.8 Å². The molecule has 18 heavy (non-hydrogen) atoms. The van der Waals surface area contributed by atoms with E-state index in [0.717, 1.165) is 0 Å². The molecule has 0 spiro atoms. The molecule has 0 saturated carbocycles. The number of likely N-dealkylation sites (N-methyl/N-ethyl adjacent to an activating group) is 1. The summed E-state index contributed by atoms with van der Waals surface area (Å²) >= 11 is 0. The Morgan fingerprint density at radius 2 is 1.22 bits per heavy atom. The molecule has 0 unspecified atom stereocenters. The van der Waals surface area contributed by atoms with Gasteiger partial charge in [0.1, 0.15) is 13.2 Å². The molecular weight excluding hydrogens is 242 g/mol. The van der Waals surface area contributed by atoms with Gasteiger partial charge < -0.3 is 18.9 Å². The van der Waals surface area contributed by atoms with Gasteiger partial charge in [0.05, 0.1) is 13.2 Å². The van der Waals surface area contributed by atoms with E-state index in [1.807, 2.05) is 11.9 Å². The molecule has 0 atom stereocenters. The van der Waals surface area contributed by atoms with Gasteiger partial charge in [-0.05, 0) is 20.9 Å². The van der Waals surface area contributed by atoms with Crippen LogP contribution in [-0.2, 0) is 18.9 Å². The molecule has 0 bridgehead atoms. The average Bonchev–Trinajstić information content (AvgIpc) is 2.29. The maximum Gasteiger partial charge on any atom is 0.508 e. The van der Waals surface area contributed by atoms with E-state index in [4.69, 9.17) is 9.47 Å². The molecule has 7 heteroatoms. The zero-order chi connectivity index (χ0) is 13.8. The summed E-state index contributed by atoms with van der Waals surface area (Å²) in [5, 5.41) is 0. The maximum absolute atomic E-state index is 10.9. The number of ether oxygens (including phenoxy) is 4. The standard InChI is InChI=1S/C11H21NO6/c1-4-15-10(13)17-8-6-12(3)7-9-18-11(14)16-5-2/h4-9H2,1-3H3. The van der Waals surface area contributed by atoms with Crippen LogP contribution >= 0.6 is 0 Å². The Hall–Kier alpha value is -1.50. The molecular formula is C11H21NO6. The molecule has 0 aliphatic rings. The quantitative estimate of drug-likeness (QED) is 0.610. The summed E-state index contributed by atoms with van der Waals surface area (Å²) in [6.45, 7) is 5.53. The highest BCUT2D eigenvalue weighted by Gasteiger charge is 2.06. The molecule has 0 aromatic rings. The predicted octanol–water partition coefficient (Wildman–Crippen LogP) is 1.26. The van der Waals surface area contributed by atoms with Gasteiger partial charge in [-0.2, -0.15) is 0 Å². The summed E-state index contributed by atoms with van der Waals surface area (Å²) in [5.41, 5.74) is 0. The summed E-state index contributed by atoms with van der Waals surface area (Å²) in [6.07, 6.45) is -1.35. The Morgan fingerprint density at radius 3 is 1.56 bits per heavy atom. The van der Waals surface area contributed by atoms with Gasteiger partial charge in [0.25, 0.3) is 0 Å². The summed E-state index contributed by atoms with van der Waals surface area (Å²) in [7, 11) is 1.82. The molecule has 0 amide bonds. The van der Waals surface area contributed by atoms with Crippen LogP contribution in [0.3, 0.4) is 0 Å². The van der Waals surface area contributed by atoms with Crippen molar-refractivity contribution in [3.05, 3.63) is 0 Å². The molecule has 0 radical (unpaired) electrons. The zero-order valence-corrected chi connectivity index (χ0v) is 11.1. The van der Waals surface area contributed by atoms with Gasteiger partial charge in [0, 0.05) is 13.1 Å². The lowest BCUT2D eigenvalue weighted by Crippen LogP contribution is -2.28. The molecule has 0 rings (SSSR count). The zero-order valence-electron chi connectivity index (χ0n) is 11.1. The van der Waals surface area contributed by atoms with Crippen LogP contribution in [0.15, 0.2) is 0 Å². The summed E-state index contributed by atoms with van der Waals surface area (Å²) in [6, 6.07) is 0. The van der Waals surface area contributed by atoms with E-state index < -0.39 is 12.3 Å². The van der Waals surface area contributed by atoms with E-state index in [1.165, 1.54) is 0 Å². The van der Waals surface area contributed by atoms with Crippen LogP contribution in [0.2, 0.25) is 0 Å². The Bertz CT molecular complexity index is 222. The number of carbonyl (C=O) groups excluding carboxylic acids is 2. The normalized spacial score (nSPS) is 10.0. The lowest BCUT2D eigenvalue weighted by atomic mass is 10.5. The van der Waals surface area contributed by atoms with E-state index in [-0.39, 0.29) is 13.2 Å². The minimum Gasteiger partial charge on any atom is -0.435 e. The molecule has 0 N–H and O–H groups in total. The minimum absolute atomic E-state index is 0.231. The van der Waals surface area contributed by atoms with Crippen LogP contribution in [0.1, 0.15) is 13.8 Å². The van der Waals surface area contributed by atoms with Crippen molar-refractivity contribution >= 4 is 12.3 Å². The molecule has 0 aliphatic carbocycles. The number of carbonyl (C=O) groups is 2. The van der Waals surface area contributed by atoms with Crippen molar-refractivity contribution in [3.8, 4) is 0 Å². The molecule has 0 aliphatic heterocycles. The van der Waals surface area contributed by atoms with Gasteiger partial charge >= 0.3 is 12.3 Å². The fourth-order valence-electron chi connectivity index (χ4n) is 1.00. The fraction of sp³-hybridized carbons (Fsp3) is 0.818. The first-order valence-electron chi connectivity index (χ1n) is 5.87. The second-order valence-electron chi connectivity index (χ2n) is 3.37. The van der Waals surface area contributed by atoms with Crippen molar-refractivity contribution in [1.82, 2.24) is 4.90 Å². The Labute approximate surface area is 107 Å².